The van der Waals surface area contributed by atoms with Gasteiger partial charge in [0.1, 0.15) is 11.3 Å². The molecule has 11 nitrogen and oxygen atoms in total. The van der Waals surface area contributed by atoms with E-state index >= 15 is 0 Å². The maximum Gasteiger partial charge on any atom is 0.420 e. The largest absolute Gasteiger partial charge is 0.426 e. The summed E-state index contributed by atoms with van der Waals surface area (Å²) in [4.78, 5) is 41.4. The zero-order chi connectivity index (χ0) is 21.9. The van der Waals surface area contributed by atoms with Gasteiger partial charge in [-0.15, -0.1) is 0 Å². The Labute approximate surface area is 157 Å². The van der Waals surface area contributed by atoms with Gasteiger partial charge in [-0.3, -0.25) is 35.1 Å². The van der Waals surface area contributed by atoms with Crippen molar-refractivity contribution in [2.75, 3.05) is 0 Å². The lowest BCUT2D eigenvalue weighted by Gasteiger charge is -2.12. The summed E-state index contributed by atoms with van der Waals surface area (Å²) in [6.45, 7) is 0. The van der Waals surface area contributed by atoms with E-state index in [9.17, 15) is 48.3 Å². The average Bonchev–Trinajstić information content (AvgIpc) is 2.60. The first kappa shape index (κ1) is 21.2. The zero-order valence-corrected chi connectivity index (χ0v) is 13.9. The average molecular weight is 415 g/mol. The normalized spacial score (nSPS) is 11.0. The van der Waals surface area contributed by atoms with Crippen molar-refractivity contribution in [1.29, 1.82) is 0 Å². The summed E-state index contributed by atoms with van der Waals surface area (Å²) in [6.07, 6.45) is -5.95. The van der Waals surface area contributed by atoms with Crippen LogP contribution in [0.2, 0.25) is 0 Å². The van der Waals surface area contributed by atoms with Gasteiger partial charge in [0.05, 0.1) is 27.3 Å². The van der Waals surface area contributed by atoms with Crippen molar-refractivity contribution in [2.24, 2.45) is 0 Å². The molecule has 0 aliphatic heterocycles. The topological polar surface area (TPSA) is 156 Å². The first-order valence-corrected chi connectivity index (χ1v) is 7.38. The van der Waals surface area contributed by atoms with E-state index in [0.717, 1.165) is 12.1 Å². The molecule has 0 saturated carbocycles. The number of nitrogens with zero attached hydrogens (tertiary/aromatic N) is 3. The third-order valence-corrected chi connectivity index (χ3v) is 3.51. The van der Waals surface area contributed by atoms with Crippen LogP contribution in [0, 0.1) is 30.3 Å². The number of rotatable bonds is 6. The molecule has 14 heteroatoms. The number of nitro groups is 3. The third kappa shape index (κ3) is 5.00. The number of hydrogen-bond donors (Lipinski definition) is 0. The number of esters is 1. The van der Waals surface area contributed by atoms with Crippen LogP contribution in [0.5, 0.6) is 5.75 Å². The lowest BCUT2D eigenvalue weighted by atomic mass is 10.1. The van der Waals surface area contributed by atoms with Gasteiger partial charge in [0.15, 0.2) is 0 Å². The molecule has 2 aromatic carbocycles. The van der Waals surface area contributed by atoms with Gasteiger partial charge in [0.25, 0.3) is 17.1 Å². The minimum absolute atomic E-state index is 0.178. The fraction of sp³-hybridized carbons (Fsp3) is 0.133. The number of hydrogen-bond acceptors (Lipinski definition) is 8. The Balaban J connectivity index is 2.33. The molecule has 2 aromatic rings. The van der Waals surface area contributed by atoms with E-state index in [1.165, 1.54) is 0 Å². The Bertz CT molecular complexity index is 1020. The van der Waals surface area contributed by atoms with E-state index in [2.05, 4.69) is 4.74 Å². The van der Waals surface area contributed by atoms with Gasteiger partial charge >= 0.3 is 12.1 Å². The highest BCUT2D eigenvalue weighted by molar-refractivity contribution is 5.77. The summed E-state index contributed by atoms with van der Waals surface area (Å²) in [7, 11) is 0. The van der Waals surface area contributed by atoms with Gasteiger partial charge in [-0.25, -0.2) is 0 Å². The van der Waals surface area contributed by atoms with Crippen molar-refractivity contribution in [3.05, 3.63) is 77.9 Å². The number of alkyl halides is 3. The van der Waals surface area contributed by atoms with Crippen LogP contribution in [0.15, 0.2) is 36.4 Å². The van der Waals surface area contributed by atoms with E-state index in [0.29, 0.717) is 18.2 Å². The van der Waals surface area contributed by atoms with E-state index in [1.54, 1.807) is 0 Å². The summed E-state index contributed by atoms with van der Waals surface area (Å²) in [5, 5.41) is 32.4. The van der Waals surface area contributed by atoms with Gasteiger partial charge in [0, 0.05) is 23.8 Å². The molecule has 0 saturated heterocycles. The quantitative estimate of drug-likeness (QED) is 0.300. The minimum atomic E-state index is -5.08. The number of halogens is 3. The number of ether oxygens (including phenoxy) is 1. The second-order valence-electron chi connectivity index (χ2n) is 5.41. The Morgan fingerprint density at radius 3 is 1.97 bits per heavy atom. The molecule has 2 rings (SSSR count). The van der Waals surface area contributed by atoms with Crippen molar-refractivity contribution < 1.29 is 37.5 Å². The lowest BCUT2D eigenvalue weighted by Crippen LogP contribution is -2.16. The van der Waals surface area contributed by atoms with Gasteiger partial charge in [0.2, 0.25) is 0 Å². The molecular formula is C15H8F3N3O8. The van der Waals surface area contributed by atoms with Crippen LogP contribution >= 0.6 is 0 Å². The van der Waals surface area contributed by atoms with E-state index in [-0.39, 0.29) is 11.6 Å². The molecule has 0 N–H and O–H groups in total. The molecular weight excluding hydrogens is 407 g/mol. The van der Waals surface area contributed by atoms with Crippen LogP contribution in [0.1, 0.15) is 11.1 Å². The number of carbonyl (C=O) groups excluding carboxylic acids is 1. The highest BCUT2D eigenvalue weighted by Gasteiger charge is 2.37. The highest BCUT2D eigenvalue weighted by Crippen LogP contribution is 2.38. The summed E-state index contributed by atoms with van der Waals surface area (Å²) < 4.78 is 43.9. The molecule has 0 spiro atoms. The van der Waals surface area contributed by atoms with Crippen molar-refractivity contribution in [3.63, 3.8) is 0 Å². The summed E-state index contributed by atoms with van der Waals surface area (Å²) in [5.41, 5.74) is -4.22. The van der Waals surface area contributed by atoms with Crippen LogP contribution in [0.4, 0.5) is 30.2 Å². The second-order valence-corrected chi connectivity index (χ2v) is 5.41. The van der Waals surface area contributed by atoms with Crippen molar-refractivity contribution in [3.8, 4) is 5.75 Å². The molecule has 0 radical (unpaired) electrons. The second kappa shape index (κ2) is 7.87. The lowest BCUT2D eigenvalue weighted by molar-refractivity contribution is -0.394. The molecule has 0 aliphatic rings. The number of non-ortho nitro benzene ring substituents is 2. The molecule has 0 bridgehead atoms. The zero-order valence-electron chi connectivity index (χ0n) is 13.9. The number of benzene rings is 2. The van der Waals surface area contributed by atoms with Gasteiger partial charge < -0.3 is 4.74 Å². The van der Waals surface area contributed by atoms with Gasteiger partial charge in [-0.1, -0.05) is 0 Å². The predicted molar refractivity (Wildman–Crippen MR) is 87.2 cm³/mol. The number of carbonyl (C=O) groups is 1. The van der Waals surface area contributed by atoms with Crippen LogP contribution < -0.4 is 4.74 Å². The molecule has 0 amide bonds. The van der Waals surface area contributed by atoms with Crippen molar-refractivity contribution in [1.82, 2.24) is 0 Å². The van der Waals surface area contributed by atoms with Gasteiger partial charge in [-0.05, 0) is 12.1 Å². The van der Waals surface area contributed by atoms with Crippen LogP contribution in [-0.4, -0.2) is 20.7 Å². The fourth-order valence-corrected chi connectivity index (χ4v) is 2.24. The SMILES string of the molecule is O=C(Cc1ccc([N+](=O)[O-])cc1[N+](=O)[O-])Oc1ccc([N+](=O)[O-])cc1C(F)(F)F. The first-order valence-electron chi connectivity index (χ1n) is 7.38. The Morgan fingerprint density at radius 1 is 0.897 bits per heavy atom. The van der Waals surface area contributed by atoms with E-state index in [1.807, 2.05) is 0 Å². The third-order valence-electron chi connectivity index (χ3n) is 3.51. The first-order chi connectivity index (χ1) is 13.4. The Morgan fingerprint density at radius 2 is 1.45 bits per heavy atom. The Hall–Kier alpha value is -4.10. The smallest absolute Gasteiger partial charge is 0.420 e. The molecule has 0 fully saturated rings. The summed E-state index contributed by atoms with van der Waals surface area (Å²) >= 11 is 0. The van der Waals surface area contributed by atoms with Crippen LogP contribution in [-0.2, 0) is 17.4 Å². The molecule has 29 heavy (non-hydrogen) atoms. The minimum Gasteiger partial charge on any atom is -0.426 e. The molecule has 0 aliphatic carbocycles. The fourth-order valence-electron chi connectivity index (χ4n) is 2.24. The predicted octanol–water partition coefficient (Wildman–Crippen LogP) is 3.58. The Kier molecular flexibility index (Phi) is 5.76. The maximum atomic E-state index is 13.1. The van der Waals surface area contributed by atoms with Gasteiger partial charge in [-0.2, -0.15) is 13.2 Å². The van der Waals surface area contributed by atoms with Crippen molar-refractivity contribution >= 4 is 23.0 Å². The molecule has 0 atom stereocenters. The summed E-state index contributed by atoms with van der Waals surface area (Å²) in [6, 6.07) is 3.81. The van der Waals surface area contributed by atoms with Crippen LogP contribution in [0.3, 0.4) is 0 Å². The number of nitro benzene ring substituents is 3. The highest BCUT2D eigenvalue weighted by atomic mass is 19.4. The molecule has 0 aromatic heterocycles. The van der Waals surface area contributed by atoms with E-state index in [4.69, 9.17) is 0 Å². The monoisotopic (exact) mass is 415 g/mol. The molecule has 152 valence electrons. The van der Waals surface area contributed by atoms with Crippen LogP contribution in [0.25, 0.3) is 0 Å². The molecule has 0 heterocycles. The molecule has 0 unspecified atom stereocenters. The van der Waals surface area contributed by atoms with Crippen molar-refractivity contribution in [2.45, 2.75) is 12.6 Å². The maximum absolute atomic E-state index is 13.1. The van der Waals surface area contributed by atoms with E-state index < -0.39 is 61.7 Å². The summed E-state index contributed by atoms with van der Waals surface area (Å²) in [5.74, 6) is -2.38. The standard InChI is InChI=1S/C15H8F3N3O8/c16-15(17,18)11-6-9(19(23)24)3-4-13(11)29-14(22)5-8-1-2-10(20(25)26)7-12(8)21(27)28/h1-4,6-7H,5H2.